The van der Waals surface area contributed by atoms with Gasteiger partial charge >= 0.3 is 0 Å². The molecule has 19 heavy (non-hydrogen) atoms. The highest BCUT2D eigenvalue weighted by atomic mass is 79.9. The number of rotatable bonds is 2. The van der Waals surface area contributed by atoms with Crippen LogP contribution >= 0.6 is 38.9 Å². The van der Waals surface area contributed by atoms with Crippen LogP contribution < -0.4 is 21.5 Å². The lowest BCUT2D eigenvalue weighted by atomic mass is 10.2. The van der Waals surface area contributed by atoms with Gasteiger partial charge in [0.25, 0.3) is 0 Å². The van der Waals surface area contributed by atoms with Gasteiger partial charge in [0.15, 0.2) is 6.54 Å². The minimum atomic E-state index is 0. The molecule has 3 aromatic rings. The molecule has 3 rings (SSSR count). The first-order valence-electron chi connectivity index (χ1n) is 5.53. The third-order valence-corrected chi connectivity index (χ3v) is 4.51. The van der Waals surface area contributed by atoms with Crippen LogP contribution in [0, 0.1) is 0 Å². The molecule has 0 atom stereocenters. The summed E-state index contributed by atoms with van der Waals surface area (Å²) in [7, 11) is 0. The predicted octanol–water partition coefficient (Wildman–Crippen LogP) is 1.66. The van der Waals surface area contributed by atoms with Crippen LogP contribution in [0.15, 0.2) is 52.4 Å². The SMILES string of the molecule is Clc1ccc2c(c1)sc[n+]2Cc1ccc(Br)cc1.[Br-]. The van der Waals surface area contributed by atoms with Gasteiger partial charge in [0.2, 0.25) is 11.0 Å². The molecule has 1 heterocycles. The Morgan fingerprint density at radius 2 is 1.84 bits per heavy atom. The Hall–Kier alpha value is -0.420. The molecular weight excluding hydrogens is 409 g/mol. The molecule has 0 aliphatic carbocycles. The lowest BCUT2D eigenvalue weighted by molar-refractivity contribution is -0.658. The first kappa shape index (κ1) is 15.0. The topological polar surface area (TPSA) is 3.88 Å². The smallest absolute Gasteiger partial charge is 0.226 e. The minimum absolute atomic E-state index is 0. The summed E-state index contributed by atoms with van der Waals surface area (Å²) in [4.78, 5) is 0. The Kier molecular flexibility index (Phi) is 5.01. The normalized spacial score (nSPS) is 10.4. The van der Waals surface area contributed by atoms with Gasteiger partial charge in [0.1, 0.15) is 4.70 Å². The van der Waals surface area contributed by atoms with E-state index in [0.717, 1.165) is 16.0 Å². The summed E-state index contributed by atoms with van der Waals surface area (Å²) in [6, 6.07) is 14.4. The van der Waals surface area contributed by atoms with E-state index in [1.807, 2.05) is 12.1 Å². The molecule has 0 unspecified atom stereocenters. The van der Waals surface area contributed by atoms with Crippen LogP contribution in [-0.2, 0) is 6.54 Å². The molecule has 1 aromatic heterocycles. The van der Waals surface area contributed by atoms with Crippen molar-refractivity contribution < 1.29 is 21.5 Å². The van der Waals surface area contributed by atoms with Gasteiger partial charge in [-0.3, -0.25) is 0 Å². The number of aromatic nitrogens is 1. The van der Waals surface area contributed by atoms with Gasteiger partial charge in [-0.2, -0.15) is 4.57 Å². The van der Waals surface area contributed by atoms with E-state index in [-0.39, 0.29) is 17.0 Å². The van der Waals surface area contributed by atoms with Crippen molar-refractivity contribution in [3.63, 3.8) is 0 Å². The second-order valence-electron chi connectivity index (χ2n) is 4.09. The molecule has 0 radical (unpaired) electrons. The summed E-state index contributed by atoms with van der Waals surface area (Å²) < 4.78 is 4.58. The second-order valence-corrected chi connectivity index (χ2v) is 6.33. The maximum atomic E-state index is 6.00. The molecule has 0 N–H and O–H groups in total. The zero-order chi connectivity index (χ0) is 12.5. The summed E-state index contributed by atoms with van der Waals surface area (Å²) in [6.07, 6.45) is 0. The van der Waals surface area contributed by atoms with Crippen LogP contribution in [0.3, 0.4) is 0 Å². The summed E-state index contributed by atoms with van der Waals surface area (Å²) in [5.74, 6) is 0. The minimum Gasteiger partial charge on any atom is -1.00 e. The monoisotopic (exact) mass is 417 g/mol. The van der Waals surface area contributed by atoms with Crippen LogP contribution in [0.25, 0.3) is 10.2 Å². The van der Waals surface area contributed by atoms with Gasteiger partial charge in [0.05, 0.1) is 0 Å². The molecular formula is C14H10Br2ClNS. The predicted molar refractivity (Wildman–Crippen MR) is 80.3 cm³/mol. The number of hydrogen-bond donors (Lipinski definition) is 0. The molecule has 0 amide bonds. The number of benzene rings is 2. The fourth-order valence-electron chi connectivity index (χ4n) is 1.91. The van der Waals surface area contributed by atoms with Crippen molar-refractivity contribution in [3.8, 4) is 0 Å². The van der Waals surface area contributed by atoms with Crippen LogP contribution in [0.5, 0.6) is 0 Å². The van der Waals surface area contributed by atoms with E-state index in [2.05, 4.69) is 56.3 Å². The summed E-state index contributed by atoms with van der Waals surface area (Å²) in [6.45, 7) is 0.884. The van der Waals surface area contributed by atoms with Crippen LogP contribution in [0.2, 0.25) is 5.02 Å². The molecule has 0 saturated carbocycles. The zero-order valence-corrected chi connectivity index (χ0v) is 14.6. The molecule has 0 aliphatic rings. The summed E-state index contributed by atoms with van der Waals surface area (Å²) in [5, 5.41) is 0.792. The van der Waals surface area contributed by atoms with Crippen LogP contribution in [0.1, 0.15) is 5.56 Å². The van der Waals surface area contributed by atoms with Gasteiger partial charge in [-0.25, -0.2) is 0 Å². The third kappa shape index (κ3) is 3.37. The highest BCUT2D eigenvalue weighted by Gasteiger charge is 2.12. The maximum Gasteiger partial charge on any atom is 0.226 e. The van der Waals surface area contributed by atoms with E-state index >= 15 is 0 Å². The van der Waals surface area contributed by atoms with Crippen molar-refractivity contribution in [2.45, 2.75) is 6.54 Å². The average molecular weight is 420 g/mol. The summed E-state index contributed by atoms with van der Waals surface area (Å²) >= 11 is 11.2. The standard InChI is InChI=1S/C14H10BrClNS.BrH/c15-11-3-1-10(2-4-11)8-17-9-18-14-7-12(16)5-6-13(14)17;/h1-7,9H,8H2;1H/q+1;/p-1. The highest BCUT2D eigenvalue weighted by molar-refractivity contribution is 9.10. The molecule has 0 saturated heterocycles. The molecule has 0 aliphatic heterocycles. The van der Waals surface area contributed by atoms with Crippen molar-refractivity contribution in [1.29, 1.82) is 0 Å². The number of nitrogens with zero attached hydrogens (tertiary/aromatic N) is 1. The second kappa shape index (κ2) is 6.35. The number of thiazole rings is 1. The maximum absolute atomic E-state index is 6.00. The van der Waals surface area contributed by atoms with Crippen molar-refractivity contribution in [2.24, 2.45) is 0 Å². The van der Waals surface area contributed by atoms with Crippen molar-refractivity contribution in [3.05, 3.63) is 63.0 Å². The van der Waals surface area contributed by atoms with Crippen molar-refractivity contribution in [2.75, 3.05) is 0 Å². The van der Waals surface area contributed by atoms with Gasteiger partial charge in [-0.15, -0.1) is 0 Å². The third-order valence-electron chi connectivity index (χ3n) is 2.80. The lowest BCUT2D eigenvalue weighted by Gasteiger charge is -1.97. The van der Waals surface area contributed by atoms with E-state index in [0.29, 0.717) is 0 Å². The van der Waals surface area contributed by atoms with Gasteiger partial charge in [-0.1, -0.05) is 51.0 Å². The summed E-state index contributed by atoms with van der Waals surface area (Å²) in [5.41, 5.74) is 4.66. The van der Waals surface area contributed by atoms with E-state index in [1.165, 1.54) is 15.8 Å². The van der Waals surface area contributed by atoms with Crippen LogP contribution in [-0.4, -0.2) is 0 Å². The Morgan fingerprint density at radius 3 is 2.58 bits per heavy atom. The fourth-order valence-corrected chi connectivity index (χ4v) is 3.34. The Bertz CT molecular complexity index is 694. The highest BCUT2D eigenvalue weighted by Crippen LogP contribution is 2.21. The Morgan fingerprint density at radius 1 is 1.11 bits per heavy atom. The quantitative estimate of drug-likeness (QED) is 0.557. The van der Waals surface area contributed by atoms with Gasteiger partial charge < -0.3 is 17.0 Å². The number of fused-ring (bicyclic) bond motifs is 1. The Balaban J connectivity index is 0.00000133. The zero-order valence-electron chi connectivity index (χ0n) is 9.82. The van der Waals surface area contributed by atoms with Crippen molar-refractivity contribution in [1.82, 2.24) is 0 Å². The van der Waals surface area contributed by atoms with Crippen LogP contribution in [0.4, 0.5) is 0 Å². The molecule has 2 aromatic carbocycles. The van der Waals surface area contributed by atoms with Gasteiger partial charge in [-0.05, 0) is 24.3 Å². The molecule has 0 spiro atoms. The first-order valence-corrected chi connectivity index (χ1v) is 7.58. The molecule has 5 heteroatoms. The van der Waals surface area contributed by atoms with Crippen molar-refractivity contribution >= 4 is 49.1 Å². The Labute approximate surface area is 139 Å². The first-order chi connectivity index (χ1) is 8.72. The van der Waals surface area contributed by atoms with Gasteiger partial charge in [0, 0.05) is 21.1 Å². The van der Waals surface area contributed by atoms with E-state index in [9.17, 15) is 0 Å². The lowest BCUT2D eigenvalue weighted by Crippen LogP contribution is -3.00. The fraction of sp³-hybridized carbons (Fsp3) is 0.0714. The average Bonchev–Trinajstić information content (AvgIpc) is 2.74. The molecule has 1 nitrogen and oxygen atoms in total. The largest absolute Gasteiger partial charge is 1.00 e. The molecule has 98 valence electrons. The van der Waals surface area contributed by atoms with E-state index in [1.54, 1.807) is 11.3 Å². The number of hydrogen-bond acceptors (Lipinski definition) is 1. The molecule has 0 bridgehead atoms. The van der Waals surface area contributed by atoms with E-state index in [4.69, 9.17) is 11.6 Å². The van der Waals surface area contributed by atoms with E-state index < -0.39 is 0 Å². The number of halogens is 3. The molecule has 0 fully saturated rings.